The third kappa shape index (κ3) is 2.70. The average Bonchev–Trinajstić information content (AvgIpc) is 2.52. The number of hydrogen-bond acceptors (Lipinski definition) is 2. The summed E-state index contributed by atoms with van der Waals surface area (Å²) in [5.41, 5.74) is 3.00. The van der Waals surface area contributed by atoms with Gasteiger partial charge in [0.25, 0.3) is 0 Å². The Morgan fingerprint density at radius 2 is 0.864 bits per heavy atom. The van der Waals surface area contributed by atoms with E-state index in [0.29, 0.717) is 11.5 Å². The Balaban J connectivity index is 1.79. The molecule has 0 radical (unpaired) electrons. The van der Waals surface area contributed by atoms with Crippen molar-refractivity contribution < 1.29 is 10.2 Å². The smallest absolute Gasteiger partial charge is 0.115 e. The molecule has 0 unspecified atom stereocenters. The van der Waals surface area contributed by atoms with Gasteiger partial charge in [-0.15, -0.1) is 0 Å². The van der Waals surface area contributed by atoms with Crippen molar-refractivity contribution in [3.8, 4) is 11.5 Å². The number of benzene rings is 2. The zero-order valence-electron chi connectivity index (χ0n) is 13.3. The molecular weight excluding hydrogens is 272 g/mol. The van der Waals surface area contributed by atoms with Crippen LogP contribution in [0.4, 0.5) is 0 Å². The van der Waals surface area contributed by atoms with E-state index in [0.717, 1.165) is 25.7 Å². The van der Waals surface area contributed by atoms with E-state index in [1.54, 1.807) is 24.3 Å². The van der Waals surface area contributed by atoms with Crippen LogP contribution in [0.5, 0.6) is 11.5 Å². The monoisotopic (exact) mass is 296 g/mol. The van der Waals surface area contributed by atoms with Crippen molar-refractivity contribution in [1.29, 1.82) is 0 Å². The van der Waals surface area contributed by atoms with Crippen molar-refractivity contribution in [3.63, 3.8) is 0 Å². The summed E-state index contributed by atoms with van der Waals surface area (Å²) in [6, 6.07) is 15.4. The van der Waals surface area contributed by atoms with E-state index in [1.165, 1.54) is 11.1 Å². The zero-order valence-corrected chi connectivity index (χ0v) is 13.3. The van der Waals surface area contributed by atoms with Crippen LogP contribution in [0.15, 0.2) is 48.5 Å². The first-order valence-corrected chi connectivity index (χ1v) is 8.00. The summed E-state index contributed by atoms with van der Waals surface area (Å²) in [4.78, 5) is 0. The standard InChI is InChI=1S/C20H24O2/c1-19(15-3-7-17(21)8-4-15)11-13-20(2,14-12-19)16-5-9-18(22)10-6-16/h3-10,21-22H,11-14H2,1-2H3. The van der Waals surface area contributed by atoms with Gasteiger partial charge in [0.15, 0.2) is 0 Å². The first kappa shape index (κ1) is 15.0. The number of phenolic OH excluding ortho intramolecular Hbond substituents is 2. The van der Waals surface area contributed by atoms with E-state index >= 15 is 0 Å². The Morgan fingerprint density at radius 3 is 1.14 bits per heavy atom. The van der Waals surface area contributed by atoms with Crippen molar-refractivity contribution in [1.82, 2.24) is 0 Å². The molecule has 0 saturated heterocycles. The number of aromatic hydroxyl groups is 2. The van der Waals surface area contributed by atoms with Crippen LogP contribution in [-0.2, 0) is 10.8 Å². The molecule has 0 amide bonds. The van der Waals surface area contributed by atoms with Gasteiger partial charge < -0.3 is 10.2 Å². The second-order valence-electron chi connectivity index (χ2n) is 7.22. The van der Waals surface area contributed by atoms with Crippen LogP contribution in [0.25, 0.3) is 0 Å². The molecule has 0 bridgehead atoms. The van der Waals surface area contributed by atoms with Gasteiger partial charge in [-0.05, 0) is 71.9 Å². The van der Waals surface area contributed by atoms with E-state index in [-0.39, 0.29) is 10.8 Å². The summed E-state index contributed by atoms with van der Waals surface area (Å²) in [5.74, 6) is 0.661. The largest absolute Gasteiger partial charge is 0.508 e. The lowest BCUT2D eigenvalue weighted by molar-refractivity contribution is 0.223. The summed E-state index contributed by atoms with van der Waals surface area (Å²) >= 11 is 0. The van der Waals surface area contributed by atoms with Gasteiger partial charge in [-0.3, -0.25) is 0 Å². The molecular formula is C20H24O2. The van der Waals surface area contributed by atoms with Gasteiger partial charge in [-0.1, -0.05) is 38.1 Å². The first-order chi connectivity index (χ1) is 10.4. The van der Waals surface area contributed by atoms with Crippen LogP contribution < -0.4 is 0 Å². The molecule has 0 aromatic heterocycles. The van der Waals surface area contributed by atoms with E-state index in [1.807, 2.05) is 0 Å². The van der Waals surface area contributed by atoms with Gasteiger partial charge in [0.2, 0.25) is 0 Å². The Hall–Kier alpha value is -1.96. The molecule has 2 aromatic rings. The fourth-order valence-electron chi connectivity index (χ4n) is 3.66. The lowest BCUT2D eigenvalue weighted by Crippen LogP contribution is -2.36. The maximum atomic E-state index is 9.47. The van der Waals surface area contributed by atoms with E-state index in [4.69, 9.17) is 0 Å². The van der Waals surface area contributed by atoms with Gasteiger partial charge in [-0.2, -0.15) is 0 Å². The fourth-order valence-corrected chi connectivity index (χ4v) is 3.66. The van der Waals surface area contributed by atoms with Crippen LogP contribution >= 0.6 is 0 Å². The maximum Gasteiger partial charge on any atom is 0.115 e. The molecule has 22 heavy (non-hydrogen) atoms. The molecule has 0 spiro atoms. The summed E-state index contributed by atoms with van der Waals surface area (Å²) in [7, 11) is 0. The Morgan fingerprint density at radius 1 is 0.591 bits per heavy atom. The van der Waals surface area contributed by atoms with Crippen molar-refractivity contribution >= 4 is 0 Å². The fraction of sp³-hybridized carbons (Fsp3) is 0.400. The third-order valence-electron chi connectivity index (χ3n) is 5.59. The van der Waals surface area contributed by atoms with Gasteiger partial charge in [-0.25, -0.2) is 0 Å². The highest BCUT2D eigenvalue weighted by molar-refractivity contribution is 5.35. The van der Waals surface area contributed by atoms with Crippen molar-refractivity contribution in [3.05, 3.63) is 59.7 Å². The molecule has 2 heteroatoms. The lowest BCUT2D eigenvalue weighted by atomic mass is 9.61. The highest BCUT2D eigenvalue weighted by Crippen LogP contribution is 2.48. The van der Waals surface area contributed by atoms with E-state index in [9.17, 15) is 10.2 Å². The van der Waals surface area contributed by atoms with Crippen LogP contribution in [0.1, 0.15) is 50.7 Å². The van der Waals surface area contributed by atoms with Gasteiger partial charge in [0.05, 0.1) is 0 Å². The van der Waals surface area contributed by atoms with Crippen molar-refractivity contribution in [2.75, 3.05) is 0 Å². The highest BCUT2D eigenvalue weighted by Gasteiger charge is 2.39. The molecule has 0 heterocycles. The second-order valence-corrected chi connectivity index (χ2v) is 7.22. The maximum absolute atomic E-state index is 9.47. The summed E-state index contributed by atoms with van der Waals surface area (Å²) < 4.78 is 0. The molecule has 0 aliphatic heterocycles. The minimum atomic E-state index is 0.185. The Labute approximate surface area is 132 Å². The number of rotatable bonds is 2. The molecule has 2 N–H and O–H groups in total. The molecule has 1 fully saturated rings. The molecule has 116 valence electrons. The third-order valence-corrected chi connectivity index (χ3v) is 5.59. The highest BCUT2D eigenvalue weighted by atomic mass is 16.3. The van der Waals surface area contributed by atoms with Gasteiger partial charge in [0, 0.05) is 0 Å². The predicted octanol–water partition coefficient (Wildman–Crippen LogP) is 4.89. The van der Waals surface area contributed by atoms with E-state index < -0.39 is 0 Å². The normalized spacial score (nSPS) is 28.5. The molecule has 0 atom stereocenters. The molecule has 1 aliphatic rings. The quantitative estimate of drug-likeness (QED) is 0.828. The number of phenols is 2. The molecule has 3 rings (SSSR count). The Kier molecular flexibility index (Phi) is 3.64. The predicted molar refractivity (Wildman–Crippen MR) is 89.4 cm³/mol. The summed E-state index contributed by atoms with van der Waals surface area (Å²) in [5, 5.41) is 18.9. The molecule has 1 saturated carbocycles. The molecule has 2 aromatic carbocycles. The SMILES string of the molecule is CC1(c2ccc(O)cc2)CCC(C)(c2ccc(O)cc2)CC1. The number of hydrogen-bond donors (Lipinski definition) is 2. The van der Waals surface area contributed by atoms with Crippen LogP contribution in [0.3, 0.4) is 0 Å². The van der Waals surface area contributed by atoms with Crippen molar-refractivity contribution in [2.24, 2.45) is 0 Å². The average molecular weight is 296 g/mol. The van der Waals surface area contributed by atoms with Gasteiger partial charge >= 0.3 is 0 Å². The Bertz CT molecular complexity index is 573. The van der Waals surface area contributed by atoms with E-state index in [2.05, 4.69) is 38.1 Å². The summed E-state index contributed by atoms with van der Waals surface area (Å²) in [6.45, 7) is 4.66. The summed E-state index contributed by atoms with van der Waals surface area (Å²) in [6.07, 6.45) is 4.54. The topological polar surface area (TPSA) is 40.5 Å². The van der Waals surface area contributed by atoms with Crippen LogP contribution in [0.2, 0.25) is 0 Å². The van der Waals surface area contributed by atoms with Crippen LogP contribution in [0, 0.1) is 0 Å². The lowest BCUT2D eigenvalue weighted by Gasteiger charge is -2.44. The van der Waals surface area contributed by atoms with Gasteiger partial charge in [0.1, 0.15) is 11.5 Å². The minimum absolute atomic E-state index is 0.185. The van der Waals surface area contributed by atoms with Crippen LogP contribution in [-0.4, -0.2) is 10.2 Å². The first-order valence-electron chi connectivity index (χ1n) is 8.00. The zero-order chi connectivity index (χ0) is 15.8. The van der Waals surface area contributed by atoms with Crippen molar-refractivity contribution in [2.45, 2.75) is 50.4 Å². The molecule has 1 aliphatic carbocycles. The minimum Gasteiger partial charge on any atom is -0.508 e. The molecule has 2 nitrogen and oxygen atoms in total. The second kappa shape index (κ2) is 5.35.